The first kappa shape index (κ1) is 22.5. The number of thiazole rings is 1. The summed E-state index contributed by atoms with van der Waals surface area (Å²) in [4.78, 5) is 31.5. The highest BCUT2D eigenvalue weighted by atomic mass is 32.1. The summed E-state index contributed by atoms with van der Waals surface area (Å²) in [7, 11) is 0. The molecule has 0 aliphatic carbocycles. The van der Waals surface area contributed by atoms with Gasteiger partial charge in [0.05, 0.1) is 28.5 Å². The van der Waals surface area contributed by atoms with Crippen molar-refractivity contribution in [2.45, 2.75) is 19.9 Å². The van der Waals surface area contributed by atoms with Gasteiger partial charge >= 0.3 is 5.97 Å². The maximum Gasteiger partial charge on any atom is 0.338 e. The van der Waals surface area contributed by atoms with Gasteiger partial charge in [-0.2, -0.15) is 0 Å². The lowest BCUT2D eigenvalue weighted by Crippen LogP contribution is -2.39. The van der Waals surface area contributed by atoms with Crippen molar-refractivity contribution in [3.05, 3.63) is 109 Å². The van der Waals surface area contributed by atoms with Crippen molar-refractivity contribution >= 4 is 23.4 Å². The van der Waals surface area contributed by atoms with Gasteiger partial charge in [-0.3, -0.25) is 9.36 Å². The van der Waals surface area contributed by atoms with E-state index in [0.29, 0.717) is 27.2 Å². The van der Waals surface area contributed by atoms with Gasteiger partial charge in [-0.1, -0.05) is 66.5 Å². The van der Waals surface area contributed by atoms with Crippen LogP contribution >= 0.6 is 11.3 Å². The first-order valence-corrected chi connectivity index (χ1v) is 11.4. The van der Waals surface area contributed by atoms with Gasteiger partial charge in [-0.15, -0.1) is 0 Å². The molecule has 1 aromatic heterocycles. The summed E-state index contributed by atoms with van der Waals surface area (Å²) in [5.41, 5.74) is 2.42. The Kier molecular flexibility index (Phi) is 6.70. The fraction of sp³-hybridized carbons (Fsp3) is 0.192. The molecule has 0 spiro atoms. The first-order valence-electron chi connectivity index (χ1n) is 10.6. The molecular weight excluding hydrogens is 436 g/mol. The topological polar surface area (TPSA) is 69.9 Å². The van der Waals surface area contributed by atoms with Crippen molar-refractivity contribution in [3.63, 3.8) is 0 Å². The number of rotatable bonds is 7. The zero-order valence-electron chi connectivity index (χ0n) is 18.5. The van der Waals surface area contributed by atoms with Gasteiger partial charge in [-0.05, 0) is 43.2 Å². The number of carbonyl (C=O) groups excluding carboxylic acids is 1. The molecule has 0 N–H and O–H groups in total. The molecule has 6 nitrogen and oxygen atoms in total. The summed E-state index contributed by atoms with van der Waals surface area (Å²) in [6, 6.07) is 16.4. The molecular formula is C26H24N2O4S. The molecule has 0 unspecified atom stereocenters. The number of fused-ring (bicyclic) bond motifs is 1. The highest BCUT2D eigenvalue weighted by Gasteiger charge is 2.33. The molecule has 33 heavy (non-hydrogen) atoms. The summed E-state index contributed by atoms with van der Waals surface area (Å²) < 4.78 is 12.9. The van der Waals surface area contributed by atoms with Gasteiger partial charge in [-0.25, -0.2) is 9.79 Å². The molecule has 1 aliphatic rings. The Hall–Kier alpha value is -3.71. The molecule has 0 fully saturated rings. The first-order chi connectivity index (χ1) is 16.0. The third-order valence-electron chi connectivity index (χ3n) is 5.18. The molecule has 1 aliphatic heterocycles. The van der Waals surface area contributed by atoms with Crippen molar-refractivity contribution in [3.8, 4) is 5.75 Å². The average molecular weight is 461 g/mol. The van der Waals surface area contributed by atoms with Crippen LogP contribution in [0.3, 0.4) is 0 Å². The second-order valence-electron chi connectivity index (χ2n) is 7.38. The van der Waals surface area contributed by atoms with Gasteiger partial charge in [0.25, 0.3) is 5.56 Å². The van der Waals surface area contributed by atoms with Crippen molar-refractivity contribution in [1.82, 2.24) is 4.57 Å². The molecule has 2 heterocycles. The third-order valence-corrected chi connectivity index (χ3v) is 6.16. The van der Waals surface area contributed by atoms with Crippen LogP contribution in [0.5, 0.6) is 5.75 Å². The summed E-state index contributed by atoms with van der Waals surface area (Å²) in [5, 5.41) is 0. The van der Waals surface area contributed by atoms with E-state index in [1.54, 1.807) is 24.5 Å². The molecule has 0 amide bonds. The minimum atomic E-state index is -0.599. The Balaban J connectivity index is 1.83. The Morgan fingerprint density at radius 1 is 1.18 bits per heavy atom. The highest BCUT2D eigenvalue weighted by Crippen LogP contribution is 2.30. The minimum absolute atomic E-state index is 0.200. The fourth-order valence-electron chi connectivity index (χ4n) is 3.71. The maximum atomic E-state index is 13.5. The number of benzene rings is 2. The van der Waals surface area contributed by atoms with Gasteiger partial charge in [0.15, 0.2) is 4.80 Å². The summed E-state index contributed by atoms with van der Waals surface area (Å²) in [6.45, 7) is 7.85. The van der Waals surface area contributed by atoms with Crippen molar-refractivity contribution in [1.29, 1.82) is 0 Å². The molecule has 4 rings (SSSR count). The Morgan fingerprint density at radius 2 is 1.91 bits per heavy atom. The van der Waals surface area contributed by atoms with Crippen molar-refractivity contribution < 1.29 is 14.3 Å². The second-order valence-corrected chi connectivity index (χ2v) is 8.39. The molecule has 3 aromatic rings. The van der Waals surface area contributed by atoms with E-state index in [-0.39, 0.29) is 12.2 Å². The van der Waals surface area contributed by atoms with Crippen LogP contribution in [0.15, 0.2) is 88.3 Å². The molecule has 1 atom stereocenters. The standard InChI is InChI=1S/C26H24N2O4S/c1-4-15-32-20-13-11-18(12-14-20)16-21-24(29)28-23(19-9-7-6-8-10-19)22(25(30)31-5-2)17(3)27-26(28)33-21/h4,6-14,16,23H,1,5,15H2,2-3H3/b21-16+/t23-/m1/s1. The fourth-order valence-corrected chi connectivity index (χ4v) is 4.76. The lowest BCUT2D eigenvalue weighted by atomic mass is 9.96. The van der Waals surface area contributed by atoms with Gasteiger partial charge in [0, 0.05) is 0 Å². The van der Waals surface area contributed by atoms with E-state index in [9.17, 15) is 9.59 Å². The number of allylic oxidation sites excluding steroid dienone is 1. The van der Waals surface area contributed by atoms with Crippen LogP contribution in [-0.4, -0.2) is 23.8 Å². The van der Waals surface area contributed by atoms with Crippen LogP contribution in [0.25, 0.3) is 6.08 Å². The van der Waals surface area contributed by atoms with Crippen LogP contribution in [0.2, 0.25) is 0 Å². The van der Waals surface area contributed by atoms with E-state index in [1.165, 1.54) is 11.3 Å². The number of carbonyl (C=O) groups is 1. The van der Waals surface area contributed by atoms with E-state index in [1.807, 2.05) is 60.7 Å². The SMILES string of the molecule is C=CCOc1ccc(/C=c2/sc3n(c2=O)[C@H](c2ccccc2)C(C(=O)OCC)=C(C)N=3)cc1. The molecule has 168 valence electrons. The lowest BCUT2D eigenvalue weighted by molar-refractivity contribution is -0.139. The monoisotopic (exact) mass is 460 g/mol. The highest BCUT2D eigenvalue weighted by molar-refractivity contribution is 7.07. The van der Waals surface area contributed by atoms with Crippen LogP contribution in [-0.2, 0) is 9.53 Å². The van der Waals surface area contributed by atoms with Crippen LogP contribution < -0.4 is 19.6 Å². The zero-order chi connectivity index (χ0) is 23.4. The molecule has 0 saturated carbocycles. The number of ether oxygens (including phenoxy) is 2. The third kappa shape index (κ3) is 4.59. The van der Waals surface area contributed by atoms with Gasteiger partial charge < -0.3 is 9.47 Å². The Morgan fingerprint density at radius 3 is 2.58 bits per heavy atom. The van der Waals surface area contributed by atoms with E-state index in [4.69, 9.17) is 9.47 Å². The minimum Gasteiger partial charge on any atom is -0.490 e. The number of hydrogen-bond acceptors (Lipinski definition) is 6. The largest absolute Gasteiger partial charge is 0.490 e. The number of esters is 1. The molecule has 0 saturated heterocycles. The smallest absolute Gasteiger partial charge is 0.338 e. The zero-order valence-corrected chi connectivity index (χ0v) is 19.3. The Bertz CT molecular complexity index is 1380. The second kappa shape index (κ2) is 9.83. The van der Waals surface area contributed by atoms with Crippen molar-refractivity contribution in [2.24, 2.45) is 4.99 Å². The maximum absolute atomic E-state index is 13.5. The van der Waals surface area contributed by atoms with E-state index in [0.717, 1.165) is 16.9 Å². The Labute approximate surface area is 195 Å². The lowest BCUT2D eigenvalue weighted by Gasteiger charge is -2.24. The van der Waals surface area contributed by atoms with Crippen LogP contribution in [0, 0.1) is 0 Å². The average Bonchev–Trinajstić information content (AvgIpc) is 3.12. The van der Waals surface area contributed by atoms with Crippen molar-refractivity contribution in [2.75, 3.05) is 13.2 Å². The molecule has 0 radical (unpaired) electrons. The summed E-state index contributed by atoms with van der Waals surface area (Å²) in [6.07, 6.45) is 3.51. The van der Waals surface area contributed by atoms with E-state index in [2.05, 4.69) is 11.6 Å². The van der Waals surface area contributed by atoms with Crippen LogP contribution in [0.4, 0.5) is 0 Å². The molecule has 2 aromatic carbocycles. The number of hydrogen-bond donors (Lipinski definition) is 0. The number of nitrogens with zero attached hydrogens (tertiary/aromatic N) is 2. The van der Waals surface area contributed by atoms with Gasteiger partial charge in [0.2, 0.25) is 0 Å². The summed E-state index contributed by atoms with van der Waals surface area (Å²) in [5.74, 6) is 0.268. The molecule has 7 heteroatoms. The predicted molar refractivity (Wildman–Crippen MR) is 129 cm³/mol. The van der Waals surface area contributed by atoms with Gasteiger partial charge in [0.1, 0.15) is 12.4 Å². The number of aromatic nitrogens is 1. The quantitative estimate of drug-likeness (QED) is 0.401. The van der Waals surface area contributed by atoms with E-state index < -0.39 is 12.0 Å². The summed E-state index contributed by atoms with van der Waals surface area (Å²) >= 11 is 1.30. The molecule has 0 bridgehead atoms. The normalized spacial score (nSPS) is 15.6. The predicted octanol–water partition coefficient (Wildman–Crippen LogP) is 3.36. The van der Waals surface area contributed by atoms with E-state index >= 15 is 0 Å². The van der Waals surface area contributed by atoms with Crippen LogP contribution in [0.1, 0.15) is 31.0 Å².